The number of anilines is 1. The van der Waals surface area contributed by atoms with Crippen LogP contribution in [-0.2, 0) is 27.2 Å². The number of rotatable bonds is 13. The molecule has 0 aliphatic heterocycles. The molecular weight excluding hydrogens is 454 g/mol. The van der Waals surface area contributed by atoms with Crippen molar-refractivity contribution in [3.8, 4) is 0 Å². The number of carboxylic acids is 1. The van der Waals surface area contributed by atoms with Gasteiger partial charge in [0.2, 0.25) is 11.8 Å². The lowest BCUT2D eigenvalue weighted by Gasteiger charge is -2.20. The normalized spacial score (nSPS) is 12.2. The maximum absolute atomic E-state index is 12.8. The minimum absolute atomic E-state index is 0.0820. The van der Waals surface area contributed by atoms with E-state index in [2.05, 4.69) is 67.6 Å². The maximum atomic E-state index is 12.8. The summed E-state index contributed by atoms with van der Waals surface area (Å²) in [6, 6.07) is 11.1. The minimum Gasteiger partial charge on any atom is -0.481 e. The van der Waals surface area contributed by atoms with Crippen LogP contribution < -0.4 is 10.6 Å². The topological polar surface area (TPSA) is 108 Å². The lowest BCUT2D eigenvalue weighted by atomic mass is 9.93. The van der Waals surface area contributed by atoms with Crippen LogP contribution in [0.4, 0.5) is 5.69 Å². The largest absolute Gasteiger partial charge is 0.481 e. The smallest absolute Gasteiger partial charge is 0.303 e. The molecule has 0 spiro atoms. The highest BCUT2D eigenvalue weighted by Gasteiger charge is 2.23. The SMILES string of the molecule is CC(C)C.CCCc1ccc(CCC[C@H](CCC(=O)O)C(=O)NC(C)C(=O)Nc2ccncc2)cc1. The average Bonchev–Trinajstić information content (AvgIpc) is 2.82. The molecule has 3 N–H and O–H groups in total. The van der Waals surface area contributed by atoms with Gasteiger partial charge in [-0.15, -0.1) is 0 Å². The fourth-order valence-corrected chi connectivity index (χ4v) is 3.50. The van der Waals surface area contributed by atoms with Crippen LogP contribution in [0.15, 0.2) is 48.8 Å². The van der Waals surface area contributed by atoms with Crippen LogP contribution in [-0.4, -0.2) is 33.9 Å². The third kappa shape index (κ3) is 13.6. The molecule has 2 aromatic rings. The summed E-state index contributed by atoms with van der Waals surface area (Å²) >= 11 is 0. The molecule has 0 fully saturated rings. The van der Waals surface area contributed by atoms with Gasteiger partial charge in [-0.25, -0.2) is 0 Å². The van der Waals surface area contributed by atoms with Crippen molar-refractivity contribution in [2.45, 2.75) is 85.6 Å². The van der Waals surface area contributed by atoms with Gasteiger partial charge in [-0.3, -0.25) is 19.4 Å². The number of nitrogens with one attached hydrogen (secondary N) is 2. The Kier molecular flexibility index (Phi) is 14.8. The van der Waals surface area contributed by atoms with Crippen LogP contribution in [0.1, 0.15) is 77.8 Å². The third-order valence-electron chi connectivity index (χ3n) is 5.36. The van der Waals surface area contributed by atoms with Crippen molar-refractivity contribution >= 4 is 23.5 Å². The molecule has 0 saturated carbocycles. The molecule has 0 bridgehead atoms. The van der Waals surface area contributed by atoms with Crippen LogP contribution in [0.3, 0.4) is 0 Å². The molecule has 0 aliphatic carbocycles. The van der Waals surface area contributed by atoms with Crippen LogP contribution in [0.5, 0.6) is 0 Å². The van der Waals surface area contributed by atoms with Gasteiger partial charge in [0, 0.05) is 30.4 Å². The summed E-state index contributed by atoms with van der Waals surface area (Å²) in [5.41, 5.74) is 3.11. The number of carboxylic acid groups (broad SMARTS) is 1. The standard InChI is InChI=1S/C25H33N3O4.C4H10/c1-3-5-19-8-10-20(11-9-19)6-4-7-21(12-13-23(29)30)25(32)27-18(2)24(31)28-22-14-16-26-17-15-22;1-4(2)3/h8-11,14-18,21H,3-7,12-13H2,1-2H3,(H,27,32)(H,29,30)(H,26,28,31);4H,1-3H3/t18?,21-;/m1./s1. The second-order valence-corrected chi connectivity index (χ2v) is 9.78. The summed E-state index contributed by atoms with van der Waals surface area (Å²) in [6.45, 7) is 10.3. The monoisotopic (exact) mass is 497 g/mol. The molecule has 2 rings (SSSR count). The molecule has 7 heteroatoms. The Hall–Kier alpha value is -3.22. The van der Waals surface area contributed by atoms with Crippen molar-refractivity contribution < 1.29 is 19.5 Å². The number of amides is 2. The van der Waals surface area contributed by atoms with Gasteiger partial charge in [-0.1, -0.05) is 58.4 Å². The second kappa shape index (κ2) is 17.2. The van der Waals surface area contributed by atoms with E-state index in [9.17, 15) is 14.4 Å². The highest BCUT2D eigenvalue weighted by atomic mass is 16.4. The Morgan fingerprint density at radius 2 is 1.42 bits per heavy atom. The Morgan fingerprint density at radius 1 is 0.861 bits per heavy atom. The van der Waals surface area contributed by atoms with E-state index in [0.717, 1.165) is 31.6 Å². The van der Waals surface area contributed by atoms with Gasteiger partial charge in [-0.05, 0) is 68.2 Å². The van der Waals surface area contributed by atoms with Gasteiger partial charge in [0.15, 0.2) is 0 Å². The molecule has 2 atom stereocenters. The van der Waals surface area contributed by atoms with E-state index < -0.39 is 17.9 Å². The first-order chi connectivity index (χ1) is 17.1. The summed E-state index contributed by atoms with van der Waals surface area (Å²) in [4.78, 5) is 40.1. The van der Waals surface area contributed by atoms with Crippen molar-refractivity contribution in [1.29, 1.82) is 0 Å². The van der Waals surface area contributed by atoms with Crippen molar-refractivity contribution in [2.75, 3.05) is 5.32 Å². The first kappa shape index (κ1) is 30.8. The highest BCUT2D eigenvalue weighted by molar-refractivity contribution is 5.97. The number of aromatic nitrogens is 1. The molecular formula is C29H43N3O4. The van der Waals surface area contributed by atoms with E-state index in [0.29, 0.717) is 12.1 Å². The summed E-state index contributed by atoms with van der Waals surface area (Å²) < 4.78 is 0. The minimum atomic E-state index is -0.933. The van der Waals surface area contributed by atoms with Crippen molar-refractivity contribution in [3.63, 3.8) is 0 Å². The average molecular weight is 498 g/mol. The number of carbonyl (C=O) groups is 3. The van der Waals surface area contributed by atoms with Gasteiger partial charge in [0.05, 0.1) is 0 Å². The lowest BCUT2D eigenvalue weighted by Crippen LogP contribution is -2.44. The first-order valence-corrected chi connectivity index (χ1v) is 12.9. The molecule has 0 radical (unpaired) electrons. The molecule has 36 heavy (non-hydrogen) atoms. The van der Waals surface area contributed by atoms with E-state index in [-0.39, 0.29) is 24.7 Å². The van der Waals surface area contributed by atoms with Gasteiger partial charge >= 0.3 is 5.97 Å². The molecule has 0 saturated heterocycles. The fraction of sp³-hybridized carbons (Fsp3) is 0.517. The van der Waals surface area contributed by atoms with E-state index in [1.54, 1.807) is 31.5 Å². The van der Waals surface area contributed by atoms with E-state index >= 15 is 0 Å². The van der Waals surface area contributed by atoms with Crippen LogP contribution in [0.2, 0.25) is 0 Å². The number of aryl methyl sites for hydroxylation is 2. The quantitative estimate of drug-likeness (QED) is 0.332. The Balaban J connectivity index is 0.00000150. The zero-order valence-corrected chi connectivity index (χ0v) is 22.4. The molecule has 1 heterocycles. The van der Waals surface area contributed by atoms with Gasteiger partial charge in [-0.2, -0.15) is 0 Å². The number of carbonyl (C=O) groups excluding carboxylic acids is 2. The van der Waals surface area contributed by atoms with E-state index in [1.807, 2.05) is 0 Å². The number of pyridine rings is 1. The summed E-state index contributed by atoms with van der Waals surface area (Å²) in [7, 11) is 0. The zero-order chi connectivity index (χ0) is 26.9. The number of hydrogen-bond donors (Lipinski definition) is 3. The van der Waals surface area contributed by atoms with Gasteiger partial charge in [0.25, 0.3) is 0 Å². The summed E-state index contributed by atoms with van der Waals surface area (Å²) in [5, 5.41) is 14.5. The second-order valence-electron chi connectivity index (χ2n) is 9.78. The number of aliphatic carboxylic acids is 1. The number of nitrogens with zero attached hydrogens (tertiary/aromatic N) is 1. The van der Waals surface area contributed by atoms with Crippen molar-refractivity contribution in [2.24, 2.45) is 11.8 Å². The lowest BCUT2D eigenvalue weighted by molar-refractivity contribution is -0.137. The van der Waals surface area contributed by atoms with Gasteiger partial charge in [0.1, 0.15) is 6.04 Å². The summed E-state index contributed by atoms with van der Waals surface area (Å²) in [5.74, 6) is -1.19. The molecule has 1 aromatic heterocycles. The van der Waals surface area contributed by atoms with Gasteiger partial charge < -0.3 is 15.7 Å². The fourth-order valence-electron chi connectivity index (χ4n) is 3.50. The maximum Gasteiger partial charge on any atom is 0.303 e. The predicted octanol–water partition coefficient (Wildman–Crippen LogP) is 5.64. The molecule has 198 valence electrons. The zero-order valence-electron chi connectivity index (χ0n) is 22.4. The summed E-state index contributed by atoms with van der Waals surface area (Å²) in [6.07, 6.45) is 7.62. The van der Waals surface area contributed by atoms with Crippen molar-refractivity contribution in [3.05, 3.63) is 59.9 Å². The van der Waals surface area contributed by atoms with E-state index in [1.165, 1.54) is 11.1 Å². The number of benzene rings is 1. The van der Waals surface area contributed by atoms with Crippen molar-refractivity contribution in [1.82, 2.24) is 10.3 Å². The van der Waals surface area contributed by atoms with Crippen LogP contribution >= 0.6 is 0 Å². The Labute approximate surface area is 216 Å². The van der Waals surface area contributed by atoms with Crippen LogP contribution in [0.25, 0.3) is 0 Å². The third-order valence-corrected chi connectivity index (χ3v) is 5.36. The Morgan fingerprint density at radius 3 is 1.94 bits per heavy atom. The Bertz CT molecular complexity index is 911. The van der Waals surface area contributed by atoms with E-state index in [4.69, 9.17) is 5.11 Å². The molecule has 0 aliphatic rings. The molecule has 1 aromatic carbocycles. The number of hydrogen-bond acceptors (Lipinski definition) is 4. The molecule has 1 unspecified atom stereocenters. The highest BCUT2D eigenvalue weighted by Crippen LogP contribution is 2.18. The van der Waals surface area contributed by atoms with Crippen LogP contribution in [0, 0.1) is 11.8 Å². The molecule has 2 amide bonds. The first-order valence-electron chi connectivity index (χ1n) is 12.9. The predicted molar refractivity (Wildman–Crippen MR) is 145 cm³/mol. The molecule has 7 nitrogen and oxygen atoms in total.